The lowest BCUT2D eigenvalue weighted by Crippen LogP contribution is -2.13. The molecule has 148 valence electrons. The molecule has 3 rings (SSSR count). The highest BCUT2D eigenvalue weighted by molar-refractivity contribution is 6.04. The number of amides is 1. The Kier molecular flexibility index (Phi) is 6.24. The fourth-order valence-electron chi connectivity index (χ4n) is 3.16. The molecule has 0 radical (unpaired) electrons. The second-order valence-electron chi connectivity index (χ2n) is 6.78. The minimum Gasteiger partial charge on any atom is -0.381 e. The Labute approximate surface area is 169 Å². The van der Waals surface area contributed by atoms with E-state index in [4.69, 9.17) is 0 Å². The zero-order chi connectivity index (χ0) is 20.8. The third-order valence-electron chi connectivity index (χ3n) is 4.72. The Bertz CT molecular complexity index is 1050. The molecular formula is C23H23N3O3. The number of carbonyl (C=O) groups excluding carboxylic acids is 1. The Morgan fingerprint density at radius 3 is 2.55 bits per heavy atom. The van der Waals surface area contributed by atoms with E-state index < -0.39 is 4.92 Å². The van der Waals surface area contributed by atoms with Crippen LogP contribution in [0.25, 0.3) is 0 Å². The summed E-state index contributed by atoms with van der Waals surface area (Å²) in [5.41, 5.74) is 4.91. The van der Waals surface area contributed by atoms with Crippen LogP contribution in [-0.2, 0) is 13.0 Å². The van der Waals surface area contributed by atoms with Gasteiger partial charge in [0.1, 0.15) is 0 Å². The van der Waals surface area contributed by atoms with Gasteiger partial charge >= 0.3 is 0 Å². The Balaban J connectivity index is 1.69. The number of rotatable bonds is 7. The molecule has 2 N–H and O–H groups in total. The molecule has 3 aromatic carbocycles. The smallest absolute Gasteiger partial charge is 0.272 e. The van der Waals surface area contributed by atoms with Crippen LogP contribution in [-0.4, -0.2) is 10.8 Å². The standard InChI is InChI=1S/C23H23N3O3/c1-3-18-8-4-5-10-21(18)24-15-17-7-6-9-19(14-17)23(27)25-20-11-12-22(26(28)29)16(2)13-20/h4-14,24H,3,15H2,1-2H3,(H,25,27). The number of nitro benzene ring substituents is 1. The molecule has 0 saturated heterocycles. The summed E-state index contributed by atoms with van der Waals surface area (Å²) in [6.45, 7) is 4.37. The van der Waals surface area contributed by atoms with Gasteiger partial charge in [-0.05, 0) is 54.8 Å². The Hall–Kier alpha value is -3.67. The molecule has 0 aliphatic rings. The molecule has 1 amide bonds. The average molecular weight is 389 g/mol. The number of para-hydroxylation sites is 1. The summed E-state index contributed by atoms with van der Waals surface area (Å²) in [5, 5.41) is 17.2. The van der Waals surface area contributed by atoms with E-state index in [1.165, 1.54) is 17.7 Å². The van der Waals surface area contributed by atoms with Crippen molar-refractivity contribution in [3.8, 4) is 0 Å². The first-order chi connectivity index (χ1) is 14.0. The van der Waals surface area contributed by atoms with E-state index in [0.717, 1.165) is 17.7 Å². The number of aryl methyl sites for hydroxylation is 2. The number of nitro groups is 1. The maximum atomic E-state index is 12.6. The van der Waals surface area contributed by atoms with Gasteiger partial charge < -0.3 is 10.6 Å². The van der Waals surface area contributed by atoms with Crippen molar-refractivity contribution in [3.05, 3.63) is 99.1 Å². The van der Waals surface area contributed by atoms with Gasteiger partial charge in [0.05, 0.1) is 4.92 Å². The molecule has 0 atom stereocenters. The highest BCUT2D eigenvalue weighted by Crippen LogP contribution is 2.22. The van der Waals surface area contributed by atoms with Gasteiger partial charge in [0.15, 0.2) is 0 Å². The van der Waals surface area contributed by atoms with E-state index in [-0.39, 0.29) is 11.6 Å². The normalized spacial score (nSPS) is 10.4. The zero-order valence-electron chi connectivity index (χ0n) is 16.4. The van der Waals surface area contributed by atoms with Crippen molar-refractivity contribution in [2.75, 3.05) is 10.6 Å². The third-order valence-corrected chi connectivity index (χ3v) is 4.72. The molecular weight excluding hydrogens is 366 g/mol. The fourth-order valence-corrected chi connectivity index (χ4v) is 3.16. The Morgan fingerprint density at radius 1 is 1.03 bits per heavy atom. The molecule has 0 aromatic heterocycles. The van der Waals surface area contributed by atoms with E-state index in [1.54, 1.807) is 19.1 Å². The summed E-state index contributed by atoms with van der Waals surface area (Å²) in [5.74, 6) is -0.255. The second kappa shape index (κ2) is 9.01. The van der Waals surface area contributed by atoms with E-state index in [0.29, 0.717) is 23.4 Å². The predicted octanol–water partition coefficient (Wildman–Crippen LogP) is 5.33. The van der Waals surface area contributed by atoms with Crippen LogP contribution in [0.2, 0.25) is 0 Å². The molecule has 6 nitrogen and oxygen atoms in total. The van der Waals surface area contributed by atoms with E-state index in [2.05, 4.69) is 23.6 Å². The van der Waals surface area contributed by atoms with Crippen LogP contribution in [0.4, 0.5) is 17.1 Å². The van der Waals surface area contributed by atoms with Crippen molar-refractivity contribution in [2.24, 2.45) is 0 Å². The summed E-state index contributed by atoms with van der Waals surface area (Å²) < 4.78 is 0. The van der Waals surface area contributed by atoms with Crippen LogP contribution in [0.3, 0.4) is 0 Å². The Morgan fingerprint density at radius 2 is 1.83 bits per heavy atom. The number of benzene rings is 3. The number of nitrogens with zero attached hydrogens (tertiary/aromatic N) is 1. The van der Waals surface area contributed by atoms with Crippen molar-refractivity contribution in [2.45, 2.75) is 26.8 Å². The van der Waals surface area contributed by atoms with Gasteiger partial charge in [0.2, 0.25) is 0 Å². The summed E-state index contributed by atoms with van der Waals surface area (Å²) in [6, 6.07) is 20.1. The number of hydrogen-bond acceptors (Lipinski definition) is 4. The van der Waals surface area contributed by atoms with Gasteiger partial charge in [-0.1, -0.05) is 37.3 Å². The number of nitrogens with one attached hydrogen (secondary N) is 2. The van der Waals surface area contributed by atoms with E-state index in [9.17, 15) is 14.9 Å². The zero-order valence-corrected chi connectivity index (χ0v) is 16.4. The molecule has 29 heavy (non-hydrogen) atoms. The minimum absolute atomic E-state index is 0.0310. The monoisotopic (exact) mass is 389 g/mol. The van der Waals surface area contributed by atoms with Gasteiger partial charge in [-0.3, -0.25) is 14.9 Å². The topological polar surface area (TPSA) is 84.3 Å². The second-order valence-corrected chi connectivity index (χ2v) is 6.78. The predicted molar refractivity (Wildman–Crippen MR) is 115 cm³/mol. The van der Waals surface area contributed by atoms with Gasteiger partial charge in [0.25, 0.3) is 11.6 Å². The number of anilines is 2. The largest absolute Gasteiger partial charge is 0.381 e. The molecule has 0 aliphatic heterocycles. The van der Waals surface area contributed by atoms with Crippen LogP contribution < -0.4 is 10.6 Å². The van der Waals surface area contributed by atoms with Crippen molar-refractivity contribution in [1.29, 1.82) is 0 Å². The van der Waals surface area contributed by atoms with Crippen molar-refractivity contribution < 1.29 is 9.72 Å². The first kappa shape index (κ1) is 20.1. The molecule has 6 heteroatoms. The maximum absolute atomic E-state index is 12.6. The summed E-state index contributed by atoms with van der Waals surface area (Å²) in [4.78, 5) is 23.1. The highest BCUT2D eigenvalue weighted by Gasteiger charge is 2.12. The number of carbonyl (C=O) groups is 1. The highest BCUT2D eigenvalue weighted by atomic mass is 16.6. The molecule has 0 fully saturated rings. The van der Waals surface area contributed by atoms with Gasteiger partial charge in [-0.2, -0.15) is 0 Å². The molecule has 0 saturated carbocycles. The molecule has 0 aliphatic carbocycles. The quantitative estimate of drug-likeness (QED) is 0.422. The lowest BCUT2D eigenvalue weighted by atomic mass is 10.1. The molecule has 0 bridgehead atoms. The lowest BCUT2D eigenvalue weighted by Gasteiger charge is -2.12. The van der Waals surface area contributed by atoms with E-state index in [1.807, 2.05) is 36.4 Å². The van der Waals surface area contributed by atoms with E-state index >= 15 is 0 Å². The van der Waals surface area contributed by atoms with Crippen LogP contribution >= 0.6 is 0 Å². The molecule has 0 spiro atoms. The average Bonchev–Trinajstić information content (AvgIpc) is 2.72. The van der Waals surface area contributed by atoms with Crippen LogP contribution in [0, 0.1) is 17.0 Å². The fraction of sp³-hybridized carbons (Fsp3) is 0.174. The SMILES string of the molecule is CCc1ccccc1NCc1cccc(C(=O)Nc2ccc([N+](=O)[O-])c(C)c2)c1. The first-order valence-electron chi connectivity index (χ1n) is 9.45. The molecule has 0 unspecified atom stereocenters. The first-order valence-corrected chi connectivity index (χ1v) is 9.45. The molecule has 3 aromatic rings. The number of hydrogen-bond donors (Lipinski definition) is 2. The molecule has 0 heterocycles. The third kappa shape index (κ3) is 4.99. The minimum atomic E-state index is -0.436. The van der Waals surface area contributed by atoms with Crippen LogP contribution in [0.1, 0.15) is 34.0 Å². The van der Waals surface area contributed by atoms with Crippen molar-refractivity contribution in [1.82, 2.24) is 0 Å². The summed E-state index contributed by atoms with van der Waals surface area (Å²) in [6.07, 6.45) is 0.945. The van der Waals surface area contributed by atoms with Crippen molar-refractivity contribution >= 4 is 23.0 Å². The van der Waals surface area contributed by atoms with Gasteiger partial charge in [0, 0.05) is 35.1 Å². The lowest BCUT2D eigenvalue weighted by molar-refractivity contribution is -0.385. The summed E-state index contributed by atoms with van der Waals surface area (Å²) >= 11 is 0. The van der Waals surface area contributed by atoms with Gasteiger partial charge in [-0.15, -0.1) is 0 Å². The van der Waals surface area contributed by atoms with Crippen LogP contribution in [0.15, 0.2) is 66.7 Å². The van der Waals surface area contributed by atoms with Gasteiger partial charge in [-0.25, -0.2) is 0 Å². The summed E-state index contributed by atoms with van der Waals surface area (Å²) in [7, 11) is 0. The van der Waals surface area contributed by atoms with Crippen LogP contribution in [0.5, 0.6) is 0 Å². The maximum Gasteiger partial charge on any atom is 0.272 e. The van der Waals surface area contributed by atoms with Crippen molar-refractivity contribution in [3.63, 3.8) is 0 Å².